The Bertz CT molecular complexity index is 653. The average molecular weight is 387 g/mol. The van der Waals surface area contributed by atoms with Crippen LogP contribution in [0.2, 0.25) is 0 Å². The van der Waals surface area contributed by atoms with E-state index in [2.05, 4.69) is 10.6 Å². The van der Waals surface area contributed by atoms with Crippen molar-refractivity contribution < 1.29 is 27.8 Å². The number of likely N-dealkylation sites (N-methyl/N-ethyl adjacent to an activating group) is 1. The van der Waals surface area contributed by atoms with Crippen molar-refractivity contribution in [2.24, 2.45) is 5.92 Å². The van der Waals surface area contributed by atoms with E-state index in [1.807, 2.05) is 0 Å². The van der Waals surface area contributed by atoms with Crippen LogP contribution >= 0.6 is 0 Å². The topological polar surface area (TPSA) is 73.8 Å². The summed E-state index contributed by atoms with van der Waals surface area (Å²) in [5, 5.41) is 16.4. The van der Waals surface area contributed by atoms with Crippen LogP contribution in [-0.2, 0) is 6.18 Å². The van der Waals surface area contributed by atoms with Crippen molar-refractivity contribution >= 4 is 6.03 Å². The zero-order chi connectivity index (χ0) is 19.6. The van der Waals surface area contributed by atoms with Crippen LogP contribution in [0.4, 0.5) is 18.0 Å². The summed E-state index contributed by atoms with van der Waals surface area (Å²) >= 11 is 0. The molecular formula is C18H24F3N3O3. The highest BCUT2D eigenvalue weighted by Crippen LogP contribution is 2.31. The highest BCUT2D eigenvalue weighted by molar-refractivity contribution is 5.74. The maximum absolute atomic E-state index is 12.5. The molecule has 1 heterocycles. The Morgan fingerprint density at radius 3 is 2.63 bits per heavy atom. The number of alkyl halides is 3. The fraction of sp³-hybridized carbons (Fsp3) is 0.611. The van der Waals surface area contributed by atoms with Crippen LogP contribution in [0.25, 0.3) is 0 Å². The van der Waals surface area contributed by atoms with Gasteiger partial charge in [0.1, 0.15) is 18.5 Å². The number of rotatable bonds is 6. The smallest absolute Gasteiger partial charge is 0.416 e. The molecule has 3 rings (SSSR count). The summed E-state index contributed by atoms with van der Waals surface area (Å²) in [7, 11) is 1.58. The number of nitrogens with one attached hydrogen (secondary N) is 2. The lowest BCUT2D eigenvalue weighted by atomic mass is 10.1. The second-order valence-electron chi connectivity index (χ2n) is 7.28. The molecule has 2 bridgehead atoms. The summed E-state index contributed by atoms with van der Waals surface area (Å²) in [6.07, 6.45) is -3.31. The van der Waals surface area contributed by atoms with Crippen LogP contribution in [0.1, 0.15) is 18.4 Å². The number of hydrogen-bond acceptors (Lipinski definition) is 4. The number of urea groups is 1. The zero-order valence-electron chi connectivity index (χ0n) is 15.0. The minimum absolute atomic E-state index is 0.0563. The molecule has 1 saturated heterocycles. The molecule has 1 saturated carbocycles. The van der Waals surface area contributed by atoms with Crippen LogP contribution in [0.15, 0.2) is 24.3 Å². The quantitative estimate of drug-likeness (QED) is 0.697. The zero-order valence-corrected chi connectivity index (χ0v) is 15.0. The van der Waals surface area contributed by atoms with Crippen LogP contribution < -0.4 is 15.4 Å². The lowest BCUT2D eigenvalue weighted by molar-refractivity contribution is -0.137. The molecule has 0 spiro atoms. The minimum atomic E-state index is -4.40. The number of ether oxygens (including phenoxy) is 1. The number of benzene rings is 1. The lowest BCUT2D eigenvalue weighted by Gasteiger charge is -2.28. The first-order valence-electron chi connectivity index (χ1n) is 8.95. The van der Waals surface area contributed by atoms with Gasteiger partial charge in [0.25, 0.3) is 0 Å². The third-order valence-corrected chi connectivity index (χ3v) is 5.09. The number of hydrogen-bond donors (Lipinski definition) is 3. The normalized spacial score (nSPS) is 25.3. The minimum Gasteiger partial charge on any atom is -0.491 e. The van der Waals surface area contributed by atoms with Gasteiger partial charge in [-0.05, 0) is 49.6 Å². The number of nitrogens with zero attached hydrogens (tertiary/aromatic N) is 1. The van der Waals surface area contributed by atoms with E-state index >= 15 is 0 Å². The molecule has 0 radical (unpaired) electrons. The van der Waals surface area contributed by atoms with Crippen molar-refractivity contribution in [1.29, 1.82) is 0 Å². The summed E-state index contributed by atoms with van der Waals surface area (Å²) in [4.78, 5) is 13.6. The number of aliphatic hydroxyl groups is 1. The Morgan fingerprint density at radius 1 is 1.37 bits per heavy atom. The lowest BCUT2D eigenvalue weighted by Crippen LogP contribution is -2.52. The van der Waals surface area contributed by atoms with E-state index < -0.39 is 17.8 Å². The fourth-order valence-corrected chi connectivity index (χ4v) is 3.67. The number of aliphatic hydroxyl groups excluding tert-OH is 1. The summed E-state index contributed by atoms with van der Waals surface area (Å²) < 4.78 is 42.9. The van der Waals surface area contributed by atoms with E-state index in [1.165, 1.54) is 17.0 Å². The van der Waals surface area contributed by atoms with Gasteiger partial charge in [-0.25, -0.2) is 4.79 Å². The second-order valence-corrected chi connectivity index (χ2v) is 7.28. The predicted molar refractivity (Wildman–Crippen MR) is 92.4 cm³/mol. The first-order chi connectivity index (χ1) is 12.7. The van der Waals surface area contributed by atoms with Gasteiger partial charge in [0, 0.05) is 19.1 Å². The number of piperidine rings is 1. The molecule has 0 aromatic heterocycles. The van der Waals surface area contributed by atoms with Gasteiger partial charge in [-0.3, -0.25) is 0 Å². The number of fused-ring (bicyclic) bond motifs is 2. The van der Waals surface area contributed by atoms with Crippen LogP contribution in [0.3, 0.4) is 0 Å². The molecule has 1 aliphatic carbocycles. The van der Waals surface area contributed by atoms with Crippen molar-refractivity contribution in [3.8, 4) is 5.75 Å². The van der Waals surface area contributed by atoms with Gasteiger partial charge in [-0.2, -0.15) is 13.2 Å². The van der Waals surface area contributed by atoms with E-state index in [4.69, 9.17) is 4.74 Å². The van der Waals surface area contributed by atoms with Crippen molar-refractivity contribution in [3.05, 3.63) is 29.8 Å². The van der Waals surface area contributed by atoms with E-state index in [1.54, 1.807) is 7.05 Å². The van der Waals surface area contributed by atoms with Gasteiger partial charge in [-0.1, -0.05) is 0 Å². The van der Waals surface area contributed by atoms with Crippen molar-refractivity contribution in [3.63, 3.8) is 0 Å². The molecule has 1 aromatic carbocycles. The predicted octanol–water partition coefficient (Wildman–Crippen LogP) is 1.84. The van der Waals surface area contributed by atoms with Gasteiger partial charge < -0.3 is 25.4 Å². The molecule has 1 unspecified atom stereocenters. The summed E-state index contributed by atoms with van der Waals surface area (Å²) in [5.41, 5.74) is -0.762. The number of carbonyl (C=O) groups is 1. The van der Waals surface area contributed by atoms with Gasteiger partial charge in [0.2, 0.25) is 0 Å². The van der Waals surface area contributed by atoms with Gasteiger partial charge in [0.05, 0.1) is 12.1 Å². The standard InChI is InChI=1S/C18H24F3N3O3/c1-24(17(26)23-16-7-11-6-15(16)22-8-11)9-13(25)10-27-14-4-2-12(3-5-14)18(19,20)21/h2-5,11,13,15-16,22,25H,6-10H2,1H3,(H,23,26)/t11-,13?,15+,16+/m0/s1. The maximum atomic E-state index is 12.5. The fourth-order valence-electron chi connectivity index (χ4n) is 3.67. The van der Waals surface area contributed by atoms with Crippen molar-refractivity contribution in [2.75, 3.05) is 26.7 Å². The summed E-state index contributed by atoms with van der Waals surface area (Å²) in [6.45, 7) is 0.937. The van der Waals surface area contributed by atoms with Gasteiger partial charge in [0.15, 0.2) is 0 Å². The van der Waals surface area contributed by atoms with Crippen LogP contribution in [-0.4, -0.2) is 61.0 Å². The van der Waals surface area contributed by atoms with E-state index in [0.717, 1.165) is 31.5 Å². The Kier molecular flexibility index (Phi) is 5.81. The third kappa shape index (κ3) is 5.04. The first-order valence-corrected chi connectivity index (χ1v) is 8.95. The Hall–Kier alpha value is -2.00. The molecule has 3 N–H and O–H groups in total. The van der Waals surface area contributed by atoms with Gasteiger partial charge in [-0.15, -0.1) is 0 Å². The van der Waals surface area contributed by atoms with Crippen LogP contribution in [0, 0.1) is 5.92 Å². The molecule has 1 aliphatic heterocycles. The van der Waals surface area contributed by atoms with Crippen molar-refractivity contribution in [1.82, 2.24) is 15.5 Å². The second kappa shape index (κ2) is 7.93. The monoisotopic (exact) mass is 387 g/mol. The number of halogens is 3. The Labute approximate surface area is 155 Å². The average Bonchev–Trinajstić information content (AvgIpc) is 3.22. The molecule has 2 aliphatic rings. The van der Waals surface area contributed by atoms with Crippen molar-refractivity contribution in [2.45, 2.75) is 37.2 Å². The highest BCUT2D eigenvalue weighted by Gasteiger charge is 2.40. The van der Waals surface area contributed by atoms with E-state index in [9.17, 15) is 23.1 Å². The van der Waals surface area contributed by atoms with E-state index in [0.29, 0.717) is 12.0 Å². The Morgan fingerprint density at radius 2 is 2.07 bits per heavy atom. The molecule has 6 nitrogen and oxygen atoms in total. The molecule has 150 valence electrons. The highest BCUT2D eigenvalue weighted by atomic mass is 19.4. The summed E-state index contributed by atoms with van der Waals surface area (Å²) in [5.74, 6) is 0.843. The molecule has 9 heteroatoms. The first kappa shape index (κ1) is 19.8. The number of carbonyl (C=O) groups excluding carboxylic acids is 1. The molecule has 1 aromatic rings. The number of amides is 2. The SMILES string of the molecule is CN(CC(O)COc1ccc(C(F)(F)F)cc1)C(=O)N[C@@H]1C[C@H]2CN[C@@H]1C2. The molecule has 4 atom stereocenters. The summed E-state index contributed by atoms with van der Waals surface area (Å²) in [6, 6.07) is 4.42. The van der Waals surface area contributed by atoms with E-state index in [-0.39, 0.29) is 31.0 Å². The molecular weight excluding hydrogens is 363 g/mol. The Balaban J connectivity index is 1.40. The maximum Gasteiger partial charge on any atom is 0.416 e. The van der Waals surface area contributed by atoms with Crippen LogP contribution in [0.5, 0.6) is 5.75 Å². The third-order valence-electron chi connectivity index (χ3n) is 5.09. The molecule has 27 heavy (non-hydrogen) atoms. The molecule has 2 amide bonds. The largest absolute Gasteiger partial charge is 0.491 e. The molecule has 2 fully saturated rings. The van der Waals surface area contributed by atoms with Gasteiger partial charge >= 0.3 is 12.2 Å².